The predicted octanol–water partition coefficient (Wildman–Crippen LogP) is 1.27. The lowest BCUT2D eigenvalue weighted by Gasteiger charge is -2.14. The fourth-order valence-corrected chi connectivity index (χ4v) is 1.49. The van der Waals surface area contributed by atoms with Crippen molar-refractivity contribution in [3.05, 3.63) is 29.1 Å². The smallest absolute Gasteiger partial charge is 0.312 e. The highest BCUT2D eigenvalue weighted by Gasteiger charge is 2.23. The summed E-state index contributed by atoms with van der Waals surface area (Å²) in [7, 11) is 1.44. The molecule has 1 aromatic carbocycles. The van der Waals surface area contributed by atoms with E-state index in [1.807, 2.05) is 0 Å². The van der Waals surface area contributed by atoms with Gasteiger partial charge in [-0.15, -0.1) is 0 Å². The number of halogens is 1. The highest BCUT2D eigenvalue weighted by Crippen LogP contribution is 2.26. The second-order valence-corrected chi connectivity index (χ2v) is 3.47. The molecule has 0 saturated carbocycles. The Hall–Kier alpha value is -1.62. The number of rotatable bonds is 4. The van der Waals surface area contributed by atoms with E-state index in [4.69, 9.17) is 15.6 Å². The minimum Gasteiger partial charge on any atom is -0.497 e. The van der Waals surface area contributed by atoms with Crippen LogP contribution in [-0.2, 0) is 4.79 Å². The van der Waals surface area contributed by atoms with E-state index in [9.17, 15) is 9.18 Å². The second-order valence-electron chi connectivity index (χ2n) is 3.47. The van der Waals surface area contributed by atoms with Gasteiger partial charge in [-0.3, -0.25) is 4.79 Å². The molecule has 1 aromatic rings. The van der Waals surface area contributed by atoms with Crippen molar-refractivity contribution in [1.29, 1.82) is 0 Å². The van der Waals surface area contributed by atoms with Gasteiger partial charge in [-0.05, 0) is 24.6 Å². The number of carboxylic acid groups (broad SMARTS) is 1. The number of aryl methyl sites for hydroxylation is 1. The van der Waals surface area contributed by atoms with Gasteiger partial charge in [-0.1, -0.05) is 0 Å². The van der Waals surface area contributed by atoms with E-state index in [0.29, 0.717) is 11.3 Å². The number of benzene rings is 1. The quantitative estimate of drug-likeness (QED) is 0.812. The maximum Gasteiger partial charge on any atom is 0.312 e. The normalized spacial score (nSPS) is 12.2. The first-order valence-corrected chi connectivity index (χ1v) is 4.78. The Morgan fingerprint density at radius 3 is 2.69 bits per heavy atom. The molecule has 0 aliphatic rings. The molecule has 0 heterocycles. The van der Waals surface area contributed by atoms with Crippen molar-refractivity contribution in [3.63, 3.8) is 0 Å². The second kappa shape index (κ2) is 4.94. The van der Waals surface area contributed by atoms with E-state index in [-0.39, 0.29) is 12.1 Å². The number of methoxy groups -OCH3 is 1. The van der Waals surface area contributed by atoms with Crippen molar-refractivity contribution < 1.29 is 19.0 Å². The topological polar surface area (TPSA) is 72.5 Å². The Balaban J connectivity index is 3.30. The summed E-state index contributed by atoms with van der Waals surface area (Å²) in [6.45, 7) is 1.40. The summed E-state index contributed by atoms with van der Waals surface area (Å²) in [6.07, 6.45) is 0. The van der Waals surface area contributed by atoms with Crippen molar-refractivity contribution in [3.8, 4) is 5.75 Å². The van der Waals surface area contributed by atoms with Crippen LogP contribution in [0.2, 0.25) is 0 Å². The third-order valence-corrected chi connectivity index (χ3v) is 2.40. The summed E-state index contributed by atoms with van der Waals surface area (Å²) in [4.78, 5) is 10.9. The Morgan fingerprint density at radius 2 is 2.25 bits per heavy atom. The zero-order chi connectivity index (χ0) is 12.3. The van der Waals surface area contributed by atoms with Crippen LogP contribution < -0.4 is 10.5 Å². The number of carbonyl (C=O) groups is 1. The SMILES string of the molecule is COc1cc(C)c(F)c(C(CN)C(=O)O)c1. The fourth-order valence-electron chi connectivity index (χ4n) is 1.49. The first kappa shape index (κ1) is 12.4. The van der Waals surface area contributed by atoms with Gasteiger partial charge in [0.05, 0.1) is 13.0 Å². The molecule has 0 spiro atoms. The lowest BCUT2D eigenvalue weighted by Crippen LogP contribution is -2.22. The van der Waals surface area contributed by atoms with Gasteiger partial charge in [-0.2, -0.15) is 0 Å². The summed E-state index contributed by atoms with van der Waals surface area (Å²) in [5.41, 5.74) is 5.73. The fraction of sp³-hybridized carbons (Fsp3) is 0.364. The number of hydrogen-bond acceptors (Lipinski definition) is 3. The van der Waals surface area contributed by atoms with Crippen LogP contribution in [0.1, 0.15) is 17.0 Å². The van der Waals surface area contributed by atoms with Gasteiger partial charge in [0.1, 0.15) is 11.6 Å². The number of ether oxygens (including phenoxy) is 1. The highest BCUT2D eigenvalue weighted by atomic mass is 19.1. The molecule has 0 amide bonds. The van der Waals surface area contributed by atoms with Crippen LogP contribution in [0.15, 0.2) is 12.1 Å². The number of carboxylic acids is 1. The monoisotopic (exact) mass is 227 g/mol. The molecule has 16 heavy (non-hydrogen) atoms. The van der Waals surface area contributed by atoms with Crippen LogP contribution in [0, 0.1) is 12.7 Å². The van der Waals surface area contributed by atoms with Crippen molar-refractivity contribution >= 4 is 5.97 Å². The lowest BCUT2D eigenvalue weighted by atomic mass is 9.96. The average Bonchev–Trinajstić information content (AvgIpc) is 2.24. The molecule has 1 rings (SSSR count). The van der Waals surface area contributed by atoms with Gasteiger partial charge in [0, 0.05) is 12.1 Å². The predicted molar refractivity (Wildman–Crippen MR) is 57.1 cm³/mol. The zero-order valence-corrected chi connectivity index (χ0v) is 9.16. The number of nitrogens with two attached hydrogens (primary N) is 1. The molecule has 1 atom stereocenters. The van der Waals surface area contributed by atoms with Crippen LogP contribution in [0.5, 0.6) is 5.75 Å². The molecule has 0 aliphatic heterocycles. The van der Waals surface area contributed by atoms with Crippen LogP contribution in [0.3, 0.4) is 0 Å². The Labute approximate surface area is 92.8 Å². The van der Waals surface area contributed by atoms with Gasteiger partial charge in [0.2, 0.25) is 0 Å². The molecular formula is C11H14FNO3. The molecule has 5 heteroatoms. The Kier molecular flexibility index (Phi) is 3.84. The molecule has 0 bridgehead atoms. The minimum atomic E-state index is -1.14. The van der Waals surface area contributed by atoms with Gasteiger partial charge in [0.15, 0.2) is 0 Å². The van der Waals surface area contributed by atoms with Crippen LogP contribution >= 0.6 is 0 Å². The van der Waals surface area contributed by atoms with Crippen molar-refractivity contribution in [2.75, 3.05) is 13.7 Å². The molecule has 0 aliphatic carbocycles. The molecule has 1 unspecified atom stereocenters. The van der Waals surface area contributed by atoms with Gasteiger partial charge < -0.3 is 15.6 Å². The minimum absolute atomic E-state index is 0.0619. The van der Waals surface area contributed by atoms with E-state index in [2.05, 4.69) is 0 Å². The van der Waals surface area contributed by atoms with Crippen LogP contribution in [0.25, 0.3) is 0 Å². The summed E-state index contributed by atoms with van der Waals surface area (Å²) in [5, 5.41) is 8.92. The van der Waals surface area contributed by atoms with Gasteiger partial charge in [0.25, 0.3) is 0 Å². The number of hydrogen-bond donors (Lipinski definition) is 2. The third kappa shape index (κ3) is 2.30. The molecule has 0 aromatic heterocycles. The molecule has 0 fully saturated rings. The van der Waals surface area contributed by atoms with E-state index >= 15 is 0 Å². The third-order valence-electron chi connectivity index (χ3n) is 2.40. The largest absolute Gasteiger partial charge is 0.497 e. The van der Waals surface area contributed by atoms with Crippen LogP contribution in [0.4, 0.5) is 4.39 Å². The maximum absolute atomic E-state index is 13.7. The zero-order valence-electron chi connectivity index (χ0n) is 9.16. The highest BCUT2D eigenvalue weighted by molar-refractivity contribution is 5.76. The molecule has 88 valence electrons. The molecule has 4 nitrogen and oxygen atoms in total. The van der Waals surface area contributed by atoms with Crippen LogP contribution in [-0.4, -0.2) is 24.7 Å². The molecule has 0 saturated heterocycles. The summed E-state index contributed by atoms with van der Waals surface area (Å²) < 4.78 is 18.7. The van der Waals surface area contributed by atoms with E-state index in [0.717, 1.165) is 0 Å². The maximum atomic E-state index is 13.7. The molecule has 0 radical (unpaired) electrons. The number of aliphatic carboxylic acids is 1. The van der Waals surface area contributed by atoms with Crippen molar-refractivity contribution in [1.82, 2.24) is 0 Å². The summed E-state index contributed by atoms with van der Waals surface area (Å²) in [6, 6.07) is 2.88. The first-order valence-electron chi connectivity index (χ1n) is 4.78. The lowest BCUT2D eigenvalue weighted by molar-refractivity contribution is -0.138. The molecular weight excluding hydrogens is 213 g/mol. The van der Waals surface area contributed by atoms with E-state index in [1.54, 1.807) is 6.92 Å². The van der Waals surface area contributed by atoms with Crippen molar-refractivity contribution in [2.24, 2.45) is 5.73 Å². The van der Waals surface area contributed by atoms with Gasteiger partial charge >= 0.3 is 5.97 Å². The van der Waals surface area contributed by atoms with E-state index < -0.39 is 17.7 Å². The van der Waals surface area contributed by atoms with E-state index in [1.165, 1.54) is 19.2 Å². The standard InChI is InChI=1S/C11H14FNO3/c1-6-3-7(16-2)4-8(10(6)12)9(5-13)11(14)15/h3-4,9H,5,13H2,1-2H3,(H,14,15). The molecule has 3 N–H and O–H groups in total. The Morgan fingerprint density at radius 1 is 1.62 bits per heavy atom. The first-order chi connectivity index (χ1) is 7.51. The van der Waals surface area contributed by atoms with Gasteiger partial charge in [-0.25, -0.2) is 4.39 Å². The Bertz CT molecular complexity index is 406. The van der Waals surface area contributed by atoms with Crippen molar-refractivity contribution in [2.45, 2.75) is 12.8 Å². The summed E-state index contributed by atoms with van der Waals surface area (Å²) in [5.74, 6) is -2.31. The summed E-state index contributed by atoms with van der Waals surface area (Å²) >= 11 is 0. The average molecular weight is 227 g/mol.